The van der Waals surface area contributed by atoms with Crippen LogP contribution in [-0.4, -0.2) is 17.6 Å². The Morgan fingerprint density at radius 2 is 1.92 bits per heavy atom. The van der Waals surface area contributed by atoms with Crippen LogP contribution in [0.5, 0.6) is 0 Å². The number of carbonyl (C=O) groups is 1. The number of hydrogen-bond acceptors (Lipinski definition) is 3. The molecule has 1 unspecified atom stereocenters. The summed E-state index contributed by atoms with van der Waals surface area (Å²) < 4.78 is 0. The van der Waals surface area contributed by atoms with Gasteiger partial charge < -0.3 is 10.4 Å². The van der Waals surface area contributed by atoms with Gasteiger partial charge >= 0.3 is 0 Å². The number of amides is 1. The molecule has 25 heavy (non-hydrogen) atoms. The first-order valence-electron chi connectivity index (χ1n) is 8.66. The normalized spacial score (nSPS) is 16.5. The van der Waals surface area contributed by atoms with Crippen molar-refractivity contribution in [1.82, 2.24) is 5.32 Å². The Balaban J connectivity index is 1.47. The zero-order chi connectivity index (χ0) is 17.3. The van der Waals surface area contributed by atoms with Gasteiger partial charge in [-0.3, -0.25) is 4.79 Å². The van der Waals surface area contributed by atoms with Crippen molar-refractivity contribution < 1.29 is 9.90 Å². The largest absolute Gasteiger partial charge is 0.382 e. The maximum atomic E-state index is 12.5. The Hall–Kier alpha value is -2.17. The molecule has 1 amide bonds. The molecule has 4 rings (SSSR count). The minimum Gasteiger partial charge on any atom is -0.382 e. The van der Waals surface area contributed by atoms with Crippen LogP contribution in [0.4, 0.5) is 0 Å². The van der Waals surface area contributed by atoms with Crippen LogP contribution in [-0.2, 0) is 16.8 Å². The van der Waals surface area contributed by atoms with Crippen molar-refractivity contribution in [2.75, 3.05) is 6.54 Å². The molecule has 1 aromatic heterocycles. The fourth-order valence-corrected chi connectivity index (χ4v) is 4.34. The van der Waals surface area contributed by atoms with Crippen molar-refractivity contribution in [3.63, 3.8) is 0 Å². The molecule has 1 aliphatic rings. The molecule has 0 bridgehead atoms. The average molecular weight is 351 g/mol. The predicted molar refractivity (Wildman–Crippen MR) is 102 cm³/mol. The van der Waals surface area contributed by atoms with Crippen LogP contribution in [0.2, 0.25) is 0 Å². The van der Waals surface area contributed by atoms with Gasteiger partial charge in [-0.25, -0.2) is 0 Å². The van der Waals surface area contributed by atoms with Crippen LogP contribution < -0.4 is 5.32 Å². The van der Waals surface area contributed by atoms with E-state index < -0.39 is 5.60 Å². The molecule has 0 saturated heterocycles. The molecule has 1 saturated carbocycles. The van der Waals surface area contributed by atoms with Crippen LogP contribution in [0.15, 0.2) is 60.0 Å². The number of benzene rings is 2. The van der Waals surface area contributed by atoms with E-state index in [0.717, 1.165) is 34.1 Å². The number of fused-ring (bicyclic) bond motifs is 1. The van der Waals surface area contributed by atoms with Crippen molar-refractivity contribution in [2.45, 2.75) is 24.9 Å². The summed E-state index contributed by atoms with van der Waals surface area (Å²) in [7, 11) is 0. The lowest BCUT2D eigenvalue weighted by atomic mass is 9.95. The van der Waals surface area contributed by atoms with Crippen LogP contribution in [0.25, 0.3) is 10.8 Å². The smallest absolute Gasteiger partial charge is 0.224 e. The van der Waals surface area contributed by atoms with Crippen molar-refractivity contribution in [1.29, 1.82) is 0 Å². The van der Waals surface area contributed by atoms with E-state index in [1.807, 2.05) is 47.8 Å². The lowest BCUT2D eigenvalue weighted by Crippen LogP contribution is -2.42. The molecule has 1 fully saturated rings. The first-order valence-corrected chi connectivity index (χ1v) is 9.54. The third-order valence-corrected chi connectivity index (χ3v) is 6.02. The minimum atomic E-state index is -0.928. The Morgan fingerprint density at radius 1 is 1.12 bits per heavy atom. The van der Waals surface area contributed by atoms with Gasteiger partial charge in [-0.05, 0) is 46.5 Å². The topological polar surface area (TPSA) is 49.3 Å². The fourth-order valence-electron chi connectivity index (χ4n) is 3.43. The summed E-state index contributed by atoms with van der Waals surface area (Å²) in [4.78, 5) is 13.4. The molecule has 1 aliphatic carbocycles. The van der Waals surface area contributed by atoms with E-state index >= 15 is 0 Å². The van der Waals surface area contributed by atoms with Gasteiger partial charge in [0.25, 0.3) is 0 Å². The van der Waals surface area contributed by atoms with Crippen molar-refractivity contribution >= 4 is 28.0 Å². The number of rotatable bonds is 6. The molecule has 1 atom stereocenters. The molecule has 0 spiro atoms. The molecular weight excluding hydrogens is 330 g/mol. The van der Waals surface area contributed by atoms with Crippen LogP contribution in [0.3, 0.4) is 0 Å². The highest BCUT2D eigenvalue weighted by Crippen LogP contribution is 2.46. The quantitative estimate of drug-likeness (QED) is 0.708. The molecule has 0 radical (unpaired) electrons. The predicted octanol–water partition coefficient (Wildman–Crippen LogP) is 3.86. The van der Waals surface area contributed by atoms with Crippen LogP contribution in [0, 0.1) is 5.92 Å². The summed E-state index contributed by atoms with van der Waals surface area (Å²) in [6, 6.07) is 18.0. The van der Waals surface area contributed by atoms with E-state index in [0.29, 0.717) is 6.42 Å². The Labute approximate surface area is 151 Å². The van der Waals surface area contributed by atoms with Gasteiger partial charge in [0.1, 0.15) is 5.60 Å². The molecule has 2 aromatic carbocycles. The van der Waals surface area contributed by atoms with Crippen LogP contribution in [0.1, 0.15) is 23.3 Å². The van der Waals surface area contributed by atoms with Gasteiger partial charge in [0.2, 0.25) is 5.91 Å². The highest BCUT2D eigenvalue weighted by atomic mass is 32.1. The second-order valence-electron chi connectivity index (χ2n) is 6.77. The zero-order valence-corrected chi connectivity index (χ0v) is 14.8. The van der Waals surface area contributed by atoms with E-state index in [9.17, 15) is 9.90 Å². The number of hydrogen-bond donors (Lipinski definition) is 2. The van der Waals surface area contributed by atoms with E-state index in [1.54, 1.807) is 11.3 Å². The van der Waals surface area contributed by atoms with Gasteiger partial charge in [-0.1, -0.05) is 48.5 Å². The molecular formula is C21H21NO2S. The number of aliphatic hydroxyl groups is 1. The highest BCUT2D eigenvalue weighted by molar-refractivity contribution is 7.10. The Kier molecular flexibility index (Phi) is 4.32. The monoisotopic (exact) mass is 351 g/mol. The van der Waals surface area contributed by atoms with Crippen molar-refractivity contribution in [3.8, 4) is 0 Å². The fraction of sp³-hybridized carbons (Fsp3) is 0.286. The van der Waals surface area contributed by atoms with E-state index in [-0.39, 0.29) is 18.4 Å². The summed E-state index contributed by atoms with van der Waals surface area (Å²) in [6.07, 6.45) is 2.37. The number of carbonyl (C=O) groups excluding carboxylic acids is 1. The zero-order valence-electron chi connectivity index (χ0n) is 13.9. The van der Waals surface area contributed by atoms with Crippen molar-refractivity contribution in [3.05, 3.63) is 70.4 Å². The molecule has 3 aromatic rings. The summed E-state index contributed by atoms with van der Waals surface area (Å²) in [6.45, 7) is 0.280. The maximum Gasteiger partial charge on any atom is 0.224 e. The molecule has 3 nitrogen and oxygen atoms in total. The van der Waals surface area contributed by atoms with Gasteiger partial charge in [-0.2, -0.15) is 0 Å². The molecule has 4 heteroatoms. The third-order valence-electron chi connectivity index (χ3n) is 4.99. The summed E-state index contributed by atoms with van der Waals surface area (Å²) in [5.41, 5.74) is 0.0875. The Bertz CT molecular complexity index is 881. The highest BCUT2D eigenvalue weighted by Gasteiger charge is 2.45. The summed E-state index contributed by atoms with van der Waals surface area (Å²) in [5, 5.41) is 18.3. The third kappa shape index (κ3) is 3.32. The van der Waals surface area contributed by atoms with Gasteiger partial charge in [0, 0.05) is 4.88 Å². The lowest BCUT2D eigenvalue weighted by Gasteiger charge is -2.27. The van der Waals surface area contributed by atoms with E-state index in [1.165, 1.54) is 0 Å². The first-order chi connectivity index (χ1) is 12.2. The number of nitrogens with one attached hydrogen (secondary N) is 1. The average Bonchev–Trinajstić information content (AvgIpc) is 3.35. The minimum absolute atomic E-state index is 0.0491. The van der Waals surface area contributed by atoms with Crippen LogP contribution >= 0.6 is 11.3 Å². The Morgan fingerprint density at radius 3 is 2.68 bits per heavy atom. The van der Waals surface area contributed by atoms with Gasteiger partial charge in [-0.15, -0.1) is 11.3 Å². The second kappa shape index (κ2) is 6.62. The SMILES string of the molecule is O=C(Cc1cccc2ccccc12)NCC(O)(c1cccs1)C1CC1. The lowest BCUT2D eigenvalue weighted by molar-refractivity contribution is -0.122. The van der Waals surface area contributed by atoms with Gasteiger partial charge in [0.15, 0.2) is 0 Å². The van der Waals surface area contributed by atoms with E-state index in [2.05, 4.69) is 17.4 Å². The summed E-state index contributed by atoms with van der Waals surface area (Å²) >= 11 is 1.55. The van der Waals surface area contributed by atoms with Crippen molar-refractivity contribution in [2.24, 2.45) is 5.92 Å². The molecule has 0 aliphatic heterocycles. The molecule has 2 N–H and O–H groups in total. The standard InChI is InChI=1S/C21H21NO2S/c23-20(13-16-7-3-6-15-5-1-2-8-18(15)16)22-14-21(24,17-10-11-17)19-9-4-12-25-19/h1-9,12,17,24H,10-11,13-14H2,(H,22,23). The second-order valence-corrected chi connectivity index (χ2v) is 7.72. The maximum absolute atomic E-state index is 12.5. The van der Waals surface area contributed by atoms with E-state index in [4.69, 9.17) is 0 Å². The molecule has 1 heterocycles. The first kappa shape index (κ1) is 16.3. The summed E-state index contributed by atoms with van der Waals surface area (Å²) in [5.74, 6) is 0.205. The number of thiophene rings is 1. The van der Waals surface area contributed by atoms with Gasteiger partial charge in [0.05, 0.1) is 13.0 Å². The molecule has 128 valence electrons.